The third kappa shape index (κ3) is 3.55. The molecule has 0 radical (unpaired) electrons. The van der Waals surface area contributed by atoms with Gasteiger partial charge in [0.1, 0.15) is 17.0 Å². The van der Waals surface area contributed by atoms with Crippen LogP contribution in [0.4, 0.5) is 5.69 Å². The van der Waals surface area contributed by atoms with E-state index in [1.165, 1.54) is 0 Å². The number of para-hydroxylation sites is 3. The summed E-state index contributed by atoms with van der Waals surface area (Å²) in [5.74, 6) is 1.41. The molecule has 24 heavy (non-hydrogen) atoms. The number of benzene rings is 2. The maximum absolute atomic E-state index is 5.76. The zero-order valence-electron chi connectivity index (χ0n) is 13.4. The monoisotopic (exact) mass is 339 g/mol. The quantitative estimate of drug-likeness (QED) is 0.425. The normalized spacial score (nSPS) is 11.3. The molecule has 1 aromatic heterocycles. The molecule has 0 saturated carbocycles. The number of hydrazone groups is 1. The molecule has 0 aliphatic carbocycles. The van der Waals surface area contributed by atoms with E-state index in [9.17, 15) is 0 Å². The van der Waals surface area contributed by atoms with Crippen molar-refractivity contribution in [3.8, 4) is 5.75 Å². The average Bonchev–Trinajstić information content (AvgIpc) is 3.04. The first-order valence-corrected chi connectivity index (χ1v) is 7.81. The van der Waals surface area contributed by atoms with Crippen molar-refractivity contribution >= 4 is 39.7 Å². The average molecular weight is 339 g/mol. The van der Waals surface area contributed by atoms with E-state index in [1.807, 2.05) is 61.5 Å². The molecule has 5 nitrogen and oxygen atoms in total. The molecular weight excluding hydrogens is 322 g/mol. The third-order valence-electron chi connectivity index (χ3n) is 3.46. The number of hydrogen-bond donors (Lipinski definition) is 2. The molecule has 0 amide bonds. The molecule has 3 aromatic rings. The predicted molar refractivity (Wildman–Crippen MR) is 101 cm³/mol. The van der Waals surface area contributed by atoms with Gasteiger partial charge in [-0.05, 0) is 43.4 Å². The van der Waals surface area contributed by atoms with Gasteiger partial charge in [0.2, 0.25) is 0 Å². The Bertz CT molecular complexity index is 869. The third-order valence-corrected chi connectivity index (χ3v) is 3.66. The van der Waals surface area contributed by atoms with Gasteiger partial charge in [-0.15, -0.1) is 0 Å². The van der Waals surface area contributed by atoms with Crippen LogP contribution in [-0.2, 0) is 0 Å². The molecule has 0 aliphatic heterocycles. The number of furan rings is 1. The van der Waals surface area contributed by atoms with Crippen molar-refractivity contribution in [2.24, 2.45) is 5.10 Å². The van der Waals surface area contributed by atoms with Gasteiger partial charge in [-0.3, -0.25) is 5.43 Å². The predicted octanol–water partition coefficient (Wildman–Crippen LogP) is 4.15. The Morgan fingerprint density at radius 3 is 2.67 bits per heavy atom. The van der Waals surface area contributed by atoms with Crippen molar-refractivity contribution < 1.29 is 9.15 Å². The van der Waals surface area contributed by atoms with Gasteiger partial charge in [0.25, 0.3) is 0 Å². The lowest BCUT2D eigenvalue weighted by Gasteiger charge is -2.11. The molecule has 122 valence electrons. The fraction of sp³-hybridized carbons (Fsp3) is 0.111. The van der Waals surface area contributed by atoms with Crippen molar-refractivity contribution in [1.82, 2.24) is 5.43 Å². The number of nitrogens with one attached hydrogen (secondary N) is 2. The molecule has 3 rings (SSSR count). The van der Waals surface area contributed by atoms with Crippen LogP contribution in [0.2, 0.25) is 0 Å². The number of thiocarbonyl (C=S) groups is 1. The van der Waals surface area contributed by atoms with E-state index in [2.05, 4.69) is 15.8 Å². The summed E-state index contributed by atoms with van der Waals surface area (Å²) >= 11 is 5.26. The SMILES string of the molecule is COc1ccccc1NC(=S)N/N=C(\C)c1cc2ccccc2o1. The largest absolute Gasteiger partial charge is 0.495 e. The minimum absolute atomic E-state index is 0.370. The summed E-state index contributed by atoms with van der Waals surface area (Å²) in [5, 5.41) is 8.73. The van der Waals surface area contributed by atoms with Crippen LogP contribution in [0, 0.1) is 0 Å². The molecule has 0 saturated heterocycles. The summed E-state index contributed by atoms with van der Waals surface area (Å²) in [6.45, 7) is 1.86. The molecule has 2 aromatic carbocycles. The highest BCUT2D eigenvalue weighted by Gasteiger charge is 2.07. The van der Waals surface area contributed by atoms with E-state index in [1.54, 1.807) is 7.11 Å². The zero-order valence-corrected chi connectivity index (χ0v) is 14.2. The van der Waals surface area contributed by atoms with Crippen LogP contribution in [0.15, 0.2) is 64.1 Å². The lowest BCUT2D eigenvalue weighted by molar-refractivity contribution is 0.417. The van der Waals surface area contributed by atoms with E-state index in [-0.39, 0.29) is 0 Å². The van der Waals surface area contributed by atoms with Crippen molar-refractivity contribution in [1.29, 1.82) is 0 Å². The maximum atomic E-state index is 5.76. The fourth-order valence-electron chi connectivity index (χ4n) is 2.25. The highest BCUT2D eigenvalue weighted by molar-refractivity contribution is 7.80. The summed E-state index contributed by atoms with van der Waals surface area (Å²) in [5.41, 5.74) is 5.12. The number of methoxy groups -OCH3 is 1. The van der Waals surface area contributed by atoms with E-state index in [0.29, 0.717) is 22.3 Å². The second kappa shape index (κ2) is 7.14. The highest BCUT2D eigenvalue weighted by atomic mass is 32.1. The Kier molecular flexibility index (Phi) is 4.77. The second-order valence-electron chi connectivity index (χ2n) is 5.11. The van der Waals surface area contributed by atoms with Crippen LogP contribution in [0.1, 0.15) is 12.7 Å². The van der Waals surface area contributed by atoms with E-state index in [0.717, 1.165) is 16.7 Å². The van der Waals surface area contributed by atoms with Gasteiger partial charge in [0, 0.05) is 5.39 Å². The molecule has 0 unspecified atom stereocenters. The molecule has 0 bridgehead atoms. The van der Waals surface area contributed by atoms with Crippen molar-refractivity contribution in [2.45, 2.75) is 6.92 Å². The maximum Gasteiger partial charge on any atom is 0.191 e. The number of ether oxygens (including phenoxy) is 1. The van der Waals surface area contributed by atoms with E-state index >= 15 is 0 Å². The summed E-state index contributed by atoms with van der Waals surface area (Å²) in [6.07, 6.45) is 0. The van der Waals surface area contributed by atoms with Crippen LogP contribution in [-0.4, -0.2) is 17.9 Å². The fourth-order valence-corrected chi connectivity index (χ4v) is 2.40. The Hall–Kier alpha value is -2.86. The minimum Gasteiger partial charge on any atom is -0.495 e. The molecule has 0 aliphatic rings. The summed E-state index contributed by atoms with van der Waals surface area (Å²) in [7, 11) is 1.61. The molecule has 1 heterocycles. The van der Waals surface area contributed by atoms with Gasteiger partial charge in [-0.2, -0.15) is 5.10 Å². The number of nitrogens with zero attached hydrogens (tertiary/aromatic N) is 1. The zero-order chi connectivity index (χ0) is 16.9. The first kappa shape index (κ1) is 16.0. The van der Waals surface area contributed by atoms with Gasteiger partial charge in [0.05, 0.1) is 12.8 Å². The molecule has 2 N–H and O–H groups in total. The summed E-state index contributed by atoms with van der Waals surface area (Å²) in [6, 6.07) is 17.3. The summed E-state index contributed by atoms with van der Waals surface area (Å²) in [4.78, 5) is 0. The van der Waals surface area contributed by atoms with E-state index < -0.39 is 0 Å². The van der Waals surface area contributed by atoms with Gasteiger partial charge >= 0.3 is 0 Å². The lowest BCUT2D eigenvalue weighted by Crippen LogP contribution is -2.25. The summed E-state index contributed by atoms with van der Waals surface area (Å²) < 4.78 is 11.0. The number of fused-ring (bicyclic) bond motifs is 1. The Balaban J connectivity index is 1.69. The first-order chi connectivity index (χ1) is 11.7. The lowest BCUT2D eigenvalue weighted by atomic mass is 10.2. The van der Waals surface area contributed by atoms with E-state index in [4.69, 9.17) is 21.4 Å². The number of hydrogen-bond acceptors (Lipinski definition) is 4. The van der Waals surface area contributed by atoms with Crippen LogP contribution >= 0.6 is 12.2 Å². The van der Waals surface area contributed by atoms with Crippen molar-refractivity contribution in [3.63, 3.8) is 0 Å². The number of anilines is 1. The van der Waals surface area contributed by atoms with Gasteiger partial charge in [-0.1, -0.05) is 30.3 Å². The second-order valence-corrected chi connectivity index (χ2v) is 5.52. The smallest absolute Gasteiger partial charge is 0.191 e. The Morgan fingerprint density at radius 2 is 1.88 bits per heavy atom. The van der Waals surface area contributed by atoms with Crippen LogP contribution in [0.5, 0.6) is 5.75 Å². The van der Waals surface area contributed by atoms with Crippen molar-refractivity contribution in [3.05, 3.63) is 60.4 Å². The minimum atomic E-state index is 0.370. The Labute approximate surface area is 145 Å². The molecule has 6 heteroatoms. The first-order valence-electron chi connectivity index (χ1n) is 7.40. The van der Waals surface area contributed by atoms with Gasteiger partial charge < -0.3 is 14.5 Å². The van der Waals surface area contributed by atoms with Crippen molar-refractivity contribution in [2.75, 3.05) is 12.4 Å². The van der Waals surface area contributed by atoms with Crippen LogP contribution in [0.25, 0.3) is 11.0 Å². The number of rotatable bonds is 4. The topological polar surface area (TPSA) is 58.8 Å². The Morgan fingerprint density at radius 1 is 1.12 bits per heavy atom. The molecule has 0 atom stereocenters. The standard InChI is InChI=1S/C18H17N3O2S/c1-12(17-11-13-7-3-5-9-15(13)23-17)20-21-18(24)19-14-8-4-6-10-16(14)22-2/h3-11H,1-2H3,(H2,19,21,24)/b20-12+. The molecule has 0 fully saturated rings. The van der Waals surface area contributed by atoms with Gasteiger partial charge in [0.15, 0.2) is 10.9 Å². The highest BCUT2D eigenvalue weighted by Crippen LogP contribution is 2.23. The molecule has 0 spiro atoms. The molecular formula is C18H17N3O2S. The van der Waals surface area contributed by atoms with Crippen LogP contribution < -0.4 is 15.5 Å². The van der Waals surface area contributed by atoms with Gasteiger partial charge in [-0.25, -0.2) is 0 Å². The van der Waals surface area contributed by atoms with Crippen LogP contribution in [0.3, 0.4) is 0 Å².